The Balaban J connectivity index is 1.75. The van der Waals surface area contributed by atoms with Gasteiger partial charge >= 0.3 is 5.97 Å². The minimum absolute atomic E-state index is 0.0378. The molecular formula is C24H27Cl2N3O4. The van der Waals surface area contributed by atoms with Crippen LogP contribution >= 0.6 is 23.2 Å². The van der Waals surface area contributed by atoms with Crippen molar-refractivity contribution in [3.8, 4) is 0 Å². The number of halogens is 2. The predicted octanol–water partition coefficient (Wildman–Crippen LogP) is 4.20. The molecule has 3 rings (SSSR count). The molecule has 1 aliphatic heterocycles. The van der Waals surface area contributed by atoms with Crippen LogP contribution < -0.4 is 10.6 Å². The molecule has 0 aliphatic carbocycles. The summed E-state index contributed by atoms with van der Waals surface area (Å²) in [5.41, 5.74) is 1.93. The van der Waals surface area contributed by atoms with Crippen molar-refractivity contribution in [1.82, 2.24) is 10.2 Å². The minimum atomic E-state index is -0.899. The molecule has 9 heteroatoms. The Hall–Kier alpha value is -2.77. The summed E-state index contributed by atoms with van der Waals surface area (Å²) in [4.78, 5) is 39.4. The van der Waals surface area contributed by atoms with Crippen molar-refractivity contribution in [2.45, 2.75) is 32.7 Å². The van der Waals surface area contributed by atoms with Gasteiger partial charge < -0.3 is 20.3 Å². The van der Waals surface area contributed by atoms with Crippen LogP contribution in [-0.4, -0.2) is 48.4 Å². The van der Waals surface area contributed by atoms with Gasteiger partial charge in [0.05, 0.1) is 35.2 Å². The van der Waals surface area contributed by atoms with Gasteiger partial charge in [0.2, 0.25) is 11.8 Å². The molecule has 1 aliphatic rings. The van der Waals surface area contributed by atoms with Crippen LogP contribution in [0.1, 0.15) is 25.8 Å². The van der Waals surface area contributed by atoms with Crippen molar-refractivity contribution in [2.75, 3.05) is 25.0 Å². The number of hydrogen-bond donors (Lipinski definition) is 2. The SMILES string of the molecule is CC(C)COC(=O)CC1C(=O)NCCN1C(=O)Cc1ccccc1Nc1c(Cl)cccc1Cl. The van der Waals surface area contributed by atoms with Gasteiger partial charge in [0, 0.05) is 18.8 Å². The smallest absolute Gasteiger partial charge is 0.308 e. The molecule has 176 valence electrons. The van der Waals surface area contributed by atoms with Gasteiger partial charge in [0.15, 0.2) is 0 Å². The van der Waals surface area contributed by atoms with Gasteiger partial charge in [-0.1, -0.05) is 61.3 Å². The van der Waals surface area contributed by atoms with Gasteiger partial charge in [0.1, 0.15) is 6.04 Å². The number of nitrogens with one attached hydrogen (secondary N) is 2. The first-order valence-electron chi connectivity index (χ1n) is 10.8. The molecule has 2 aromatic carbocycles. The summed E-state index contributed by atoms with van der Waals surface area (Å²) in [5.74, 6) is -0.933. The molecule has 0 aromatic heterocycles. The Morgan fingerprint density at radius 1 is 1.15 bits per heavy atom. The molecule has 1 fully saturated rings. The van der Waals surface area contributed by atoms with Crippen LogP contribution in [0, 0.1) is 5.92 Å². The summed E-state index contributed by atoms with van der Waals surface area (Å²) in [6, 6.07) is 11.6. The molecule has 7 nitrogen and oxygen atoms in total. The van der Waals surface area contributed by atoms with E-state index in [0.717, 1.165) is 0 Å². The Morgan fingerprint density at radius 3 is 2.55 bits per heavy atom. The maximum Gasteiger partial charge on any atom is 0.308 e. The van der Waals surface area contributed by atoms with Gasteiger partial charge in [-0.25, -0.2) is 0 Å². The van der Waals surface area contributed by atoms with Crippen LogP contribution in [0.2, 0.25) is 10.0 Å². The highest BCUT2D eigenvalue weighted by Gasteiger charge is 2.35. The zero-order valence-electron chi connectivity index (χ0n) is 18.6. The highest BCUT2D eigenvalue weighted by Crippen LogP contribution is 2.33. The fourth-order valence-corrected chi connectivity index (χ4v) is 4.00. The van der Waals surface area contributed by atoms with E-state index < -0.39 is 12.0 Å². The summed E-state index contributed by atoms with van der Waals surface area (Å²) < 4.78 is 5.22. The molecule has 0 saturated carbocycles. The molecule has 2 amide bonds. The lowest BCUT2D eigenvalue weighted by Gasteiger charge is -2.34. The predicted molar refractivity (Wildman–Crippen MR) is 129 cm³/mol. The van der Waals surface area contributed by atoms with E-state index in [1.807, 2.05) is 38.1 Å². The second-order valence-corrected chi connectivity index (χ2v) is 9.04. The number of esters is 1. The van der Waals surface area contributed by atoms with Crippen LogP contribution in [0.3, 0.4) is 0 Å². The van der Waals surface area contributed by atoms with Gasteiger partial charge in [-0.05, 0) is 29.7 Å². The van der Waals surface area contributed by atoms with Crippen LogP contribution in [-0.2, 0) is 25.5 Å². The number of benzene rings is 2. The molecule has 0 bridgehead atoms. The largest absolute Gasteiger partial charge is 0.465 e. The minimum Gasteiger partial charge on any atom is -0.465 e. The number of rotatable bonds is 8. The molecule has 2 N–H and O–H groups in total. The van der Waals surface area contributed by atoms with Crippen molar-refractivity contribution in [3.63, 3.8) is 0 Å². The third kappa shape index (κ3) is 6.62. The Labute approximate surface area is 203 Å². The maximum atomic E-state index is 13.2. The summed E-state index contributed by atoms with van der Waals surface area (Å²) in [6.45, 7) is 4.77. The maximum absolute atomic E-state index is 13.2. The zero-order chi connectivity index (χ0) is 24.0. The average Bonchev–Trinajstić information content (AvgIpc) is 2.77. The van der Waals surface area contributed by atoms with E-state index in [0.29, 0.717) is 40.1 Å². The van der Waals surface area contributed by atoms with E-state index in [4.69, 9.17) is 27.9 Å². The molecule has 1 atom stereocenters. The zero-order valence-corrected chi connectivity index (χ0v) is 20.1. The number of ether oxygens (including phenoxy) is 1. The van der Waals surface area contributed by atoms with Crippen molar-refractivity contribution >= 4 is 52.4 Å². The molecule has 1 unspecified atom stereocenters. The van der Waals surface area contributed by atoms with Gasteiger partial charge in [-0.15, -0.1) is 0 Å². The number of nitrogens with zero attached hydrogens (tertiary/aromatic N) is 1. The van der Waals surface area contributed by atoms with Crippen LogP contribution in [0.4, 0.5) is 11.4 Å². The first kappa shape index (κ1) is 24.9. The van der Waals surface area contributed by atoms with Crippen LogP contribution in [0.5, 0.6) is 0 Å². The lowest BCUT2D eigenvalue weighted by Crippen LogP contribution is -2.58. The summed E-state index contributed by atoms with van der Waals surface area (Å²) in [7, 11) is 0. The molecule has 33 heavy (non-hydrogen) atoms. The van der Waals surface area contributed by atoms with E-state index in [1.165, 1.54) is 4.90 Å². The summed E-state index contributed by atoms with van der Waals surface area (Å²) in [6.07, 6.45) is -0.143. The second-order valence-electron chi connectivity index (χ2n) is 8.23. The van der Waals surface area contributed by atoms with Crippen molar-refractivity contribution in [1.29, 1.82) is 0 Å². The molecule has 0 spiro atoms. The summed E-state index contributed by atoms with van der Waals surface area (Å²) >= 11 is 12.6. The summed E-state index contributed by atoms with van der Waals surface area (Å²) in [5, 5.41) is 6.84. The molecular weight excluding hydrogens is 465 g/mol. The molecule has 0 radical (unpaired) electrons. The Bertz CT molecular complexity index is 1010. The van der Waals surface area contributed by atoms with Gasteiger partial charge in [0.25, 0.3) is 0 Å². The van der Waals surface area contributed by atoms with Crippen molar-refractivity contribution in [2.24, 2.45) is 5.92 Å². The highest BCUT2D eigenvalue weighted by atomic mass is 35.5. The molecule has 1 saturated heterocycles. The highest BCUT2D eigenvalue weighted by molar-refractivity contribution is 6.39. The molecule has 1 heterocycles. The normalized spacial score (nSPS) is 15.8. The van der Waals surface area contributed by atoms with E-state index in [9.17, 15) is 14.4 Å². The average molecular weight is 492 g/mol. The van der Waals surface area contributed by atoms with Crippen LogP contribution in [0.15, 0.2) is 42.5 Å². The lowest BCUT2D eigenvalue weighted by atomic mass is 10.0. The van der Waals surface area contributed by atoms with Crippen molar-refractivity contribution in [3.05, 3.63) is 58.1 Å². The number of anilines is 2. The fraction of sp³-hybridized carbons (Fsp3) is 0.375. The standard InChI is InChI=1S/C24H27Cl2N3O4/c1-15(2)14-33-22(31)13-20-24(32)27-10-11-29(20)21(30)12-16-6-3-4-9-19(16)28-23-17(25)7-5-8-18(23)26/h3-9,15,20,28H,10-14H2,1-2H3,(H,27,32). The molecule has 2 aromatic rings. The number of hydrogen-bond acceptors (Lipinski definition) is 5. The van der Waals surface area contributed by atoms with Crippen LogP contribution in [0.25, 0.3) is 0 Å². The second kappa shape index (κ2) is 11.4. The third-order valence-corrected chi connectivity index (χ3v) is 5.80. The van der Waals surface area contributed by atoms with E-state index in [-0.39, 0.29) is 37.2 Å². The first-order chi connectivity index (χ1) is 15.8. The number of carbonyl (C=O) groups excluding carboxylic acids is 3. The van der Waals surface area contributed by atoms with Crippen molar-refractivity contribution < 1.29 is 19.1 Å². The number of piperazine rings is 1. The van der Waals surface area contributed by atoms with E-state index in [1.54, 1.807) is 18.2 Å². The monoisotopic (exact) mass is 491 g/mol. The lowest BCUT2D eigenvalue weighted by molar-refractivity contribution is -0.152. The quantitative estimate of drug-likeness (QED) is 0.540. The van der Waals surface area contributed by atoms with E-state index in [2.05, 4.69) is 10.6 Å². The number of amides is 2. The van der Waals surface area contributed by atoms with E-state index >= 15 is 0 Å². The Morgan fingerprint density at radius 2 is 1.85 bits per heavy atom. The topological polar surface area (TPSA) is 87.7 Å². The fourth-order valence-electron chi connectivity index (χ4n) is 3.51. The van der Waals surface area contributed by atoms with Gasteiger partial charge in [-0.2, -0.15) is 0 Å². The number of carbonyl (C=O) groups is 3. The van der Waals surface area contributed by atoms with Gasteiger partial charge in [-0.3, -0.25) is 14.4 Å². The Kier molecular flexibility index (Phi) is 8.58. The first-order valence-corrected chi connectivity index (χ1v) is 11.5. The number of para-hydroxylation sites is 2. The third-order valence-electron chi connectivity index (χ3n) is 5.17.